The number of guanidine groups is 1. The van der Waals surface area contributed by atoms with E-state index in [1.54, 1.807) is 25.1 Å². The SMILES string of the molecule is Cc1nc(F)ccc1-c1cc(CNC2=NCCN2)cc(C(=O)NCc2ccc(Cl)c(F)c2)n1. The van der Waals surface area contributed by atoms with Gasteiger partial charge in [-0.2, -0.15) is 4.39 Å². The molecule has 1 aliphatic heterocycles. The second kappa shape index (κ2) is 9.91. The number of aliphatic imine (C=N–C) groups is 1. The Kier molecular flexibility index (Phi) is 6.79. The van der Waals surface area contributed by atoms with Gasteiger partial charge in [0.05, 0.1) is 17.3 Å². The Morgan fingerprint density at radius 1 is 1.09 bits per heavy atom. The number of amides is 1. The second-order valence-electron chi connectivity index (χ2n) is 7.45. The van der Waals surface area contributed by atoms with E-state index in [4.69, 9.17) is 11.6 Å². The zero-order valence-corrected chi connectivity index (χ0v) is 18.5. The standard InChI is InChI=1S/C23H21ClF2N6O/c1-13-16(3-5-21(26)31-13)19-9-15(12-30-23-27-6-7-28-23)10-20(32-19)22(33)29-11-14-2-4-17(24)18(25)8-14/h2-5,8-10H,6-7,11-12H2,1H3,(H,29,33)(H2,27,28,30). The van der Waals surface area contributed by atoms with E-state index in [0.29, 0.717) is 41.6 Å². The zero-order valence-electron chi connectivity index (χ0n) is 17.8. The summed E-state index contributed by atoms with van der Waals surface area (Å²) >= 11 is 5.71. The molecule has 1 aromatic carbocycles. The molecule has 0 fully saturated rings. The number of nitrogens with one attached hydrogen (secondary N) is 3. The van der Waals surface area contributed by atoms with Gasteiger partial charge in [-0.15, -0.1) is 0 Å². The number of halogens is 3. The maximum Gasteiger partial charge on any atom is 0.270 e. The molecule has 7 nitrogen and oxygen atoms in total. The Balaban J connectivity index is 1.59. The highest BCUT2D eigenvalue weighted by Gasteiger charge is 2.15. The highest BCUT2D eigenvalue weighted by molar-refractivity contribution is 6.30. The number of aromatic nitrogens is 2. The van der Waals surface area contributed by atoms with Gasteiger partial charge in [0, 0.05) is 30.9 Å². The van der Waals surface area contributed by atoms with Crippen LogP contribution in [0, 0.1) is 18.7 Å². The number of hydrogen-bond donors (Lipinski definition) is 3. The van der Waals surface area contributed by atoms with Gasteiger partial charge in [-0.1, -0.05) is 17.7 Å². The van der Waals surface area contributed by atoms with Crippen LogP contribution in [-0.2, 0) is 13.1 Å². The van der Waals surface area contributed by atoms with Crippen molar-refractivity contribution in [2.45, 2.75) is 20.0 Å². The highest BCUT2D eigenvalue weighted by atomic mass is 35.5. The van der Waals surface area contributed by atoms with E-state index in [2.05, 4.69) is 30.9 Å². The molecule has 0 atom stereocenters. The van der Waals surface area contributed by atoms with Crippen molar-refractivity contribution >= 4 is 23.5 Å². The first-order valence-corrected chi connectivity index (χ1v) is 10.7. The fraction of sp³-hybridized carbons (Fsp3) is 0.217. The summed E-state index contributed by atoms with van der Waals surface area (Å²) in [4.78, 5) is 25.5. The first-order chi connectivity index (χ1) is 15.9. The molecule has 0 unspecified atom stereocenters. The van der Waals surface area contributed by atoms with E-state index in [1.807, 2.05) is 6.07 Å². The summed E-state index contributed by atoms with van der Waals surface area (Å²) in [6.45, 7) is 3.64. The number of rotatable bonds is 6. The molecule has 3 N–H and O–H groups in total. The van der Waals surface area contributed by atoms with Gasteiger partial charge in [0.15, 0.2) is 5.96 Å². The highest BCUT2D eigenvalue weighted by Crippen LogP contribution is 2.23. The topological polar surface area (TPSA) is 91.3 Å². The maximum absolute atomic E-state index is 13.7. The number of carbonyl (C=O) groups is 1. The van der Waals surface area contributed by atoms with Crippen LogP contribution in [0.25, 0.3) is 11.3 Å². The molecule has 1 aliphatic rings. The van der Waals surface area contributed by atoms with Gasteiger partial charge >= 0.3 is 0 Å². The summed E-state index contributed by atoms with van der Waals surface area (Å²) in [5, 5.41) is 9.07. The first kappa shape index (κ1) is 22.6. The van der Waals surface area contributed by atoms with E-state index in [0.717, 1.165) is 12.1 Å². The fourth-order valence-electron chi connectivity index (χ4n) is 3.37. The van der Waals surface area contributed by atoms with Gasteiger partial charge in [-0.25, -0.2) is 14.4 Å². The predicted octanol–water partition coefficient (Wildman–Crippen LogP) is 3.36. The third kappa shape index (κ3) is 5.61. The quantitative estimate of drug-likeness (QED) is 0.480. The summed E-state index contributed by atoms with van der Waals surface area (Å²) in [5.74, 6) is -0.895. The Labute approximate surface area is 194 Å². The van der Waals surface area contributed by atoms with Gasteiger partial charge in [-0.3, -0.25) is 9.79 Å². The van der Waals surface area contributed by atoms with Gasteiger partial charge < -0.3 is 16.0 Å². The van der Waals surface area contributed by atoms with E-state index >= 15 is 0 Å². The lowest BCUT2D eigenvalue weighted by atomic mass is 10.1. The number of carbonyl (C=O) groups excluding carboxylic acids is 1. The van der Waals surface area contributed by atoms with Crippen LogP contribution in [-0.4, -0.2) is 34.9 Å². The summed E-state index contributed by atoms with van der Waals surface area (Å²) < 4.78 is 27.2. The fourth-order valence-corrected chi connectivity index (χ4v) is 3.49. The van der Waals surface area contributed by atoms with Crippen LogP contribution in [0.4, 0.5) is 8.78 Å². The zero-order chi connectivity index (χ0) is 23.4. The molecular formula is C23H21ClF2N6O. The van der Waals surface area contributed by atoms with Crippen LogP contribution in [0.2, 0.25) is 5.02 Å². The lowest BCUT2D eigenvalue weighted by Crippen LogP contribution is -2.33. The van der Waals surface area contributed by atoms with Gasteiger partial charge in [0.2, 0.25) is 5.95 Å². The van der Waals surface area contributed by atoms with Crippen LogP contribution in [0.3, 0.4) is 0 Å². The molecule has 4 rings (SSSR count). The molecule has 10 heteroatoms. The third-order valence-corrected chi connectivity index (χ3v) is 5.32. The molecule has 1 amide bonds. The molecule has 0 aliphatic carbocycles. The first-order valence-electron chi connectivity index (χ1n) is 10.3. The minimum Gasteiger partial charge on any atom is -0.355 e. The summed E-state index contributed by atoms with van der Waals surface area (Å²) in [5.41, 5.74) is 3.07. The molecule has 0 spiro atoms. The number of pyridine rings is 2. The van der Waals surface area contributed by atoms with Crippen molar-refractivity contribution in [2.75, 3.05) is 13.1 Å². The molecule has 0 bridgehead atoms. The molecule has 0 saturated carbocycles. The Bertz CT molecular complexity index is 1230. The summed E-state index contributed by atoms with van der Waals surface area (Å²) in [6.07, 6.45) is 0. The van der Waals surface area contributed by atoms with Crippen molar-refractivity contribution in [3.8, 4) is 11.3 Å². The average Bonchev–Trinajstić information content (AvgIpc) is 3.32. The molecule has 170 valence electrons. The third-order valence-electron chi connectivity index (χ3n) is 5.02. The number of benzene rings is 1. The summed E-state index contributed by atoms with van der Waals surface area (Å²) in [7, 11) is 0. The van der Waals surface area contributed by atoms with Crippen molar-refractivity contribution in [1.29, 1.82) is 0 Å². The molecular weight excluding hydrogens is 450 g/mol. The predicted molar refractivity (Wildman–Crippen MR) is 122 cm³/mol. The van der Waals surface area contributed by atoms with Crippen molar-refractivity contribution in [2.24, 2.45) is 4.99 Å². The van der Waals surface area contributed by atoms with Crippen LogP contribution >= 0.6 is 11.6 Å². The van der Waals surface area contributed by atoms with E-state index in [1.165, 1.54) is 18.2 Å². The van der Waals surface area contributed by atoms with Gasteiger partial charge in [0.1, 0.15) is 11.5 Å². The molecule has 2 aromatic heterocycles. The minimum atomic E-state index is -0.590. The van der Waals surface area contributed by atoms with E-state index < -0.39 is 17.7 Å². The largest absolute Gasteiger partial charge is 0.355 e. The smallest absolute Gasteiger partial charge is 0.270 e. The minimum absolute atomic E-state index is 0.0150. The number of aryl methyl sites for hydroxylation is 1. The van der Waals surface area contributed by atoms with Crippen LogP contribution in [0.15, 0.2) is 47.5 Å². The van der Waals surface area contributed by atoms with Gasteiger partial charge in [0.25, 0.3) is 5.91 Å². The van der Waals surface area contributed by atoms with E-state index in [-0.39, 0.29) is 17.3 Å². The van der Waals surface area contributed by atoms with Crippen LogP contribution in [0.5, 0.6) is 0 Å². The van der Waals surface area contributed by atoms with Crippen molar-refractivity contribution in [1.82, 2.24) is 25.9 Å². The lowest BCUT2D eigenvalue weighted by Gasteiger charge is -2.12. The normalized spacial score (nSPS) is 12.8. The Hall–Kier alpha value is -3.59. The molecule has 0 radical (unpaired) electrons. The molecule has 33 heavy (non-hydrogen) atoms. The Morgan fingerprint density at radius 3 is 2.67 bits per heavy atom. The number of hydrogen-bond acceptors (Lipinski definition) is 6. The van der Waals surface area contributed by atoms with Crippen LogP contribution in [0.1, 0.15) is 27.3 Å². The second-order valence-corrected chi connectivity index (χ2v) is 7.86. The molecule has 3 heterocycles. The van der Waals surface area contributed by atoms with Crippen molar-refractivity contribution < 1.29 is 13.6 Å². The Morgan fingerprint density at radius 2 is 1.94 bits per heavy atom. The van der Waals surface area contributed by atoms with E-state index in [9.17, 15) is 13.6 Å². The maximum atomic E-state index is 13.7. The number of nitrogens with zero attached hydrogens (tertiary/aromatic N) is 3. The average molecular weight is 471 g/mol. The molecule has 3 aromatic rings. The van der Waals surface area contributed by atoms with Gasteiger partial charge in [-0.05, 0) is 54.4 Å². The summed E-state index contributed by atoms with van der Waals surface area (Å²) in [6, 6.07) is 10.6. The van der Waals surface area contributed by atoms with Crippen LogP contribution < -0.4 is 16.0 Å². The lowest BCUT2D eigenvalue weighted by molar-refractivity contribution is 0.0946. The van der Waals surface area contributed by atoms with Crippen molar-refractivity contribution in [3.05, 3.63) is 81.8 Å². The monoisotopic (exact) mass is 470 g/mol. The van der Waals surface area contributed by atoms with Crippen molar-refractivity contribution in [3.63, 3.8) is 0 Å². The molecule has 0 saturated heterocycles.